The van der Waals surface area contributed by atoms with Gasteiger partial charge in [0.2, 0.25) is 0 Å². The molecule has 0 radical (unpaired) electrons. The zero-order valence-electron chi connectivity index (χ0n) is 11.0. The molecule has 0 aromatic carbocycles. The van der Waals surface area contributed by atoms with Crippen LogP contribution in [-0.2, 0) is 9.53 Å². The first kappa shape index (κ1) is 14.8. The van der Waals surface area contributed by atoms with Gasteiger partial charge in [-0.1, -0.05) is 0 Å². The maximum Gasteiger partial charge on any atom is 0.317 e. The average molecular weight is 258 g/mol. The number of rotatable bonds is 5. The number of nitrogens with one attached hydrogen (secondary N) is 1. The Morgan fingerprint density at radius 2 is 2.28 bits per heavy atom. The molecule has 1 rings (SSSR count). The second-order valence-corrected chi connectivity index (χ2v) is 4.58. The molecule has 1 unspecified atom stereocenters. The minimum absolute atomic E-state index is 0.0287. The summed E-state index contributed by atoms with van der Waals surface area (Å²) in [7, 11) is 0. The van der Waals surface area contributed by atoms with Crippen molar-refractivity contribution in [1.29, 1.82) is 0 Å². The Morgan fingerprint density at radius 3 is 2.89 bits per heavy atom. The molecule has 0 aromatic rings. The van der Waals surface area contributed by atoms with Crippen LogP contribution in [-0.4, -0.2) is 54.4 Å². The van der Waals surface area contributed by atoms with Gasteiger partial charge in [-0.3, -0.25) is 4.79 Å². The molecule has 0 saturated carbocycles. The van der Waals surface area contributed by atoms with Gasteiger partial charge in [0.05, 0.1) is 12.0 Å². The number of aliphatic carboxylic acids is 1. The molecule has 2 amide bonds. The van der Waals surface area contributed by atoms with E-state index in [0.717, 1.165) is 6.42 Å². The van der Waals surface area contributed by atoms with Crippen LogP contribution in [0.4, 0.5) is 4.79 Å². The van der Waals surface area contributed by atoms with Gasteiger partial charge in [-0.2, -0.15) is 0 Å². The van der Waals surface area contributed by atoms with E-state index >= 15 is 0 Å². The third-order valence-electron chi connectivity index (χ3n) is 3.05. The highest BCUT2D eigenvalue weighted by molar-refractivity contribution is 5.76. The zero-order valence-corrected chi connectivity index (χ0v) is 11.0. The van der Waals surface area contributed by atoms with Crippen molar-refractivity contribution in [1.82, 2.24) is 10.2 Å². The third-order valence-corrected chi connectivity index (χ3v) is 3.05. The predicted molar refractivity (Wildman–Crippen MR) is 66.4 cm³/mol. The van der Waals surface area contributed by atoms with E-state index in [-0.39, 0.29) is 12.1 Å². The van der Waals surface area contributed by atoms with Crippen LogP contribution in [0.5, 0.6) is 0 Å². The highest BCUT2D eigenvalue weighted by Crippen LogP contribution is 2.16. The number of carboxylic acids is 1. The zero-order chi connectivity index (χ0) is 13.5. The molecule has 104 valence electrons. The third kappa shape index (κ3) is 4.52. The van der Waals surface area contributed by atoms with Crippen LogP contribution >= 0.6 is 0 Å². The summed E-state index contributed by atoms with van der Waals surface area (Å²) in [5.74, 6) is -1.26. The fourth-order valence-electron chi connectivity index (χ4n) is 2.05. The molecule has 0 aromatic heterocycles. The fraction of sp³-hybridized carbons (Fsp3) is 0.833. The minimum atomic E-state index is -0.824. The molecule has 1 aliphatic heterocycles. The van der Waals surface area contributed by atoms with Gasteiger partial charge in [-0.05, 0) is 26.7 Å². The number of carbonyl (C=O) groups excluding carboxylic acids is 1. The number of carboxylic acid groups (broad SMARTS) is 1. The normalized spacial score (nSPS) is 21.4. The summed E-state index contributed by atoms with van der Waals surface area (Å²) >= 11 is 0. The molecule has 1 aliphatic rings. The first-order chi connectivity index (χ1) is 8.54. The van der Waals surface area contributed by atoms with Crippen LogP contribution in [0.25, 0.3) is 0 Å². The van der Waals surface area contributed by atoms with Crippen molar-refractivity contribution in [3.8, 4) is 0 Å². The van der Waals surface area contributed by atoms with Crippen LogP contribution in [0.1, 0.15) is 26.7 Å². The second kappa shape index (κ2) is 7.20. The molecular weight excluding hydrogens is 236 g/mol. The molecule has 1 fully saturated rings. The van der Waals surface area contributed by atoms with Crippen LogP contribution in [0.15, 0.2) is 0 Å². The summed E-state index contributed by atoms with van der Waals surface area (Å²) in [5, 5.41) is 11.7. The number of likely N-dealkylation sites (tertiary alicyclic amines) is 1. The first-order valence-corrected chi connectivity index (χ1v) is 6.41. The van der Waals surface area contributed by atoms with Crippen LogP contribution in [0, 0.1) is 5.92 Å². The fourth-order valence-corrected chi connectivity index (χ4v) is 2.05. The summed E-state index contributed by atoms with van der Waals surface area (Å²) in [5.41, 5.74) is 0. The number of carbonyl (C=O) groups is 2. The van der Waals surface area contributed by atoms with Gasteiger partial charge in [0.25, 0.3) is 0 Å². The van der Waals surface area contributed by atoms with Gasteiger partial charge in [0, 0.05) is 26.2 Å². The quantitative estimate of drug-likeness (QED) is 0.768. The van der Waals surface area contributed by atoms with E-state index in [4.69, 9.17) is 9.84 Å². The van der Waals surface area contributed by atoms with Crippen LogP contribution in [0.3, 0.4) is 0 Å². The Hall–Kier alpha value is -1.30. The van der Waals surface area contributed by atoms with Crippen molar-refractivity contribution in [3.05, 3.63) is 0 Å². The summed E-state index contributed by atoms with van der Waals surface area (Å²) in [6.45, 7) is 5.77. The minimum Gasteiger partial charge on any atom is -0.481 e. The lowest BCUT2D eigenvalue weighted by atomic mass is 9.99. The van der Waals surface area contributed by atoms with Crippen LogP contribution in [0.2, 0.25) is 0 Å². The van der Waals surface area contributed by atoms with Gasteiger partial charge in [-0.15, -0.1) is 0 Å². The lowest BCUT2D eigenvalue weighted by Crippen LogP contribution is -2.48. The standard InChI is InChI=1S/C12H22N2O4/c1-3-18-9(2)7-13-12(17)14-6-4-5-10(8-14)11(15)16/h9-10H,3-8H2,1-2H3,(H,13,17)(H,15,16)/t9?,10-/m0/s1. The number of ether oxygens (including phenoxy) is 1. The maximum absolute atomic E-state index is 11.8. The van der Waals surface area contributed by atoms with Crippen molar-refractivity contribution in [2.45, 2.75) is 32.8 Å². The molecule has 6 heteroatoms. The topological polar surface area (TPSA) is 78.9 Å². The van der Waals surface area contributed by atoms with E-state index in [9.17, 15) is 9.59 Å². The summed E-state index contributed by atoms with van der Waals surface area (Å²) in [6, 6.07) is -0.201. The highest BCUT2D eigenvalue weighted by atomic mass is 16.5. The molecule has 18 heavy (non-hydrogen) atoms. The number of hydrogen-bond donors (Lipinski definition) is 2. The number of nitrogens with zero attached hydrogens (tertiary/aromatic N) is 1. The van der Waals surface area contributed by atoms with Crippen molar-refractivity contribution in [2.24, 2.45) is 5.92 Å². The molecular formula is C12H22N2O4. The molecule has 6 nitrogen and oxygen atoms in total. The second-order valence-electron chi connectivity index (χ2n) is 4.58. The molecule has 0 bridgehead atoms. The van der Waals surface area contributed by atoms with E-state index in [1.54, 1.807) is 4.90 Å². The number of piperidine rings is 1. The molecule has 1 heterocycles. The Bertz CT molecular complexity index is 296. The molecule has 0 spiro atoms. The largest absolute Gasteiger partial charge is 0.481 e. The van der Waals surface area contributed by atoms with Crippen LogP contribution < -0.4 is 5.32 Å². The SMILES string of the molecule is CCOC(C)CNC(=O)N1CCC[C@H](C(=O)O)C1. The Balaban J connectivity index is 2.34. The van der Waals surface area contributed by atoms with E-state index in [1.165, 1.54) is 0 Å². The lowest BCUT2D eigenvalue weighted by Gasteiger charge is -2.31. The Morgan fingerprint density at radius 1 is 1.56 bits per heavy atom. The molecule has 0 aliphatic carbocycles. The maximum atomic E-state index is 11.8. The summed E-state index contributed by atoms with van der Waals surface area (Å²) in [4.78, 5) is 24.3. The van der Waals surface area contributed by atoms with Gasteiger partial charge in [-0.25, -0.2) is 4.79 Å². The van der Waals surface area contributed by atoms with Crippen molar-refractivity contribution < 1.29 is 19.4 Å². The van der Waals surface area contributed by atoms with E-state index in [1.807, 2.05) is 13.8 Å². The number of hydrogen-bond acceptors (Lipinski definition) is 3. The van der Waals surface area contributed by atoms with Gasteiger partial charge in [0.15, 0.2) is 0 Å². The van der Waals surface area contributed by atoms with Crippen molar-refractivity contribution in [2.75, 3.05) is 26.2 Å². The highest BCUT2D eigenvalue weighted by Gasteiger charge is 2.28. The van der Waals surface area contributed by atoms with E-state index in [2.05, 4.69) is 5.32 Å². The van der Waals surface area contributed by atoms with E-state index in [0.29, 0.717) is 32.7 Å². The van der Waals surface area contributed by atoms with Crippen molar-refractivity contribution >= 4 is 12.0 Å². The van der Waals surface area contributed by atoms with E-state index < -0.39 is 11.9 Å². The molecule has 2 N–H and O–H groups in total. The Labute approximate surface area is 107 Å². The van der Waals surface area contributed by atoms with Crippen molar-refractivity contribution in [3.63, 3.8) is 0 Å². The lowest BCUT2D eigenvalue weighted by molar-refractivity contribution is -0.143. The van der Waals surface area contributed by atoms with Gasteiger partial charge in [0.1, 0.15) is 0 Å². The first-order valence-electron chi connectivity index (χ1n) is 6.41. The Kier molecular flexibility index (Phi) is 5.91. The smallest absolute Gasteiger partial charge is 0.317 e. The molecule has 1 saturated heterocycles. The summed E-state index contributed by atoms with van der Waals surface area (Å²) in [6.07, 6.45) is 1.36. The number of amides is 2. The van der Waals surface area contributed by atoms with Gasteiger partial charge < -0.3 is 20.1 Å². The monoisotopic (exact) mass is 258 g/mol. The summed E-state index contributed by atoms with van der Waals surface area (Å²) < 4.78 is 5.31. The van der Waals surface area contributed by atoms with Gasteiger partial charge >= 0.3 is 12.0 Å². The molecule has 2 atom stereocenters. The average Bonchev–Trinajstić information content (AvgIpc) is 2.36. The number of urea groups is 1. The predicted octanol–water partition coefficient (Wildman–Crippen LogP) is 0.918.